The van der Waals surface area contributed by atoms with Crippen molar-refractivity contribution in [3.63, 3.8) is 0 Å². The van der Waals surface area contributed by atoms with E-state index in [1.54, 1.807) is 17.7 Å². The highest BCUT2D eigenvalue weighted by atomic mass is 32.1. The maximum atomic E-state index is 5.64. The van der Waals surface area contributed by atoms with E-state index in [4.69, 9.17) is 4.84 Å². The van der Waals surface area contributed by atoms with Crippen molar-refractivity contribution < 1.29 is 4.84 Å². The van der Waals surface area contributed by atoms with E-state index >= 15 is 0 Å². The van der Waals surface area contributed by atoms with Crippen LogP contribution in [0.3, 0.4) is 0 Å². The maximum Gasteiger partial charge on any atom is 0.162 e. The number of fused-ring (bicyclic) bond motifs is 3. The summed E-state index contributed by atoms with van der Waals surface area (Å²) in [5.41, 5.74) is 5.57. The van der Waals surface area contributed by atoms with E-state index in [0.29, 0.717) is 6.61 Å². The molecule has 0 atom stereocenters. The van der Waals surface area contributed by atoms with E-state index < -0.39 is 0 Å². The molecule has 4 rings (SSSR count). The summed E-state index contributed by atoms with van der Waals surface area (Å²) in [7, 11) is 0. The lowest BCUT2D eigenvalue weighted by molar-refractivity contribution is 0.179. The van der Waals surface area contributed by atoms with Gasteiger partial charge in [-0.15, -0.1) is 11.3 Å². The Morgan fingerprint density at radius 1 is 1.09 bits per heavy atom. The monoisotopic (exact) mass is 311 g/mol. The SMILES string of the molecule is c1ccc(CONc2ncnc3sc4c(c23)CCCC4)cc1. The summed E-state index contributed by atoms with van der Waals surface area (Å²) in [5, 5.41) is 1.15. The van der Waals surface area contributed by atoms with Crippen molar-refractivity contribution in [1.82, 2.24) is 9.97 Å². The Balaban J connectivity index is 1.57. The molecular formula is C17H17N3OS. The second kappa shape index (κ2) is 6.02. The van der Waals surface area contributed by atoms with Crippen LogP contribution in [0.4, 0.5) is 5.82 Å². The highest BCUT2D eigenvalue weighted by Gasteiger charge is 2.19. The number of hydrogen-bond donors (Lipinski definition) is 1. The molecule has 0 saturated carbocycles. The number of hydrogen-bond acceptors (Lipinski definition) is 5. The quantitative estimate of drug-likeness (QED) is 0.736. The van der Waals surface area contributed by atoms with Crippen LogP contribution >= 0.6 is 11.3 Å². The van der Waals surface area contributed by atoms with Crippen LogP contribution in [0.1, 0.15) is 28.8 Å². The van der Waals surface area contributed by atoms with Crippen LogP contribution in [0.2, 0.25) is 0 Å². The molecule has 4 nitrogen and oxygen atoms in total. The molecule has 1 aliphatic rings. The molecule has 3 aromatic rings. The summed E-state index contributed by atoms with van der Waals surface area (Å²) < 4.78 is 0. The fraction of sp³-hybridized carbons (Fsp3) is 0.294. The number of benzene rings is 1. The molecule has 1 N–H and O–H groups in total. The summed E-state index contributed by atoms with van der Waals surface area (Å²) in [6.07, 6.45) is 6.42. The van der Waals surface area contributed by atoms with E-state index in [1.165, 1.54) is 29.7 Å². The van der Waals surface area contributed by atoms with E-state index in [0.717, 1.165) is 28.0 Å². The summed E-state index contributed by atoms with van der Waals surface area (Å²) in [4.78, 5) is 17.0. The molecule has 0 bridgehead atoms. The van der Waals surface area contributed by atoms with E-state index in [2.05, 4.69) is 15.4 Å². The number of thiophene rings is 1. The molecule has 2 aromatic heterocycles. The minimum absolute atomic E-state index is 0.513. The standard InChI is InChI=1S/C17H17N3OS/c1-2-6-12(7-3-1)10-21-20-16-15-13-8-4-5-9-14(13)22-17(15)19-11-18-16/h1-3,6-7,11H,4-5,8-10H2,(H,18,19,20). The van der Waals surface area contributed by atoms with Crippen molar-refractivity contribution in [3.8, 4) is 0 Å². The van der Waals surface area contributed by atoms with Crippen LogP contribution in [-0.4, -0.2) is 9.97 Å². The largest absolute Gasteiger partial charge is 0.270 e. The molecular weight excluding hydrogens is 294 g/mol. The Hall–Kier alpha value is -1.98. The number of aromatic nitrogens is 2. The molecule has 22 heavy (non-hydrogen) atoms. The predicted octanol–water partition coefficient (Wildman–Crippen LogP) is 4.11. The number of nitrogens with one attached hydrogen (secondary N) is 1. The van der Waals surface area contributed by atoms with Crippen molar-refractivity contribution in [2.45, 2.75) is 32.3 Å². The fourth-order valence-corrected chi connectivity index (χ4v) is 4.16. The summed E-state index contributed by atoms with van der Waals surface area (Å²) >= 11 is 1.80. The van der Waals surface area contributed by atoms with Crippen molar-refractivity contribution in [1.29, 1.82) is 0 Å². The highest BCUT2D eigenvalue weighted by molar-refractivity contribution is 7.19. The lowest BCUT2D eigenvalue weighted by atomic mass is 9.97. The second-order valence-corrected chi connectivity index (χ2v) is 6.57. The molecule has 1 aliphatic carbocycles. The zero-order valence-corrected chi connectivity index (χ0v) is 13.0. The van der Waals surface area contributed by atoms with Gasteiger partial charge in [0, 0.05) is 4.88 Å². The first-order valence-corrected chi connectivity index (χ1v) is 8.40. The van der Waals surface area contributed by atoms with Crippen LogP contribution < -0.4 is 5.48 Å². The molecule has 0 aliphatic heterocycles. The Morgan fingerprint density at radius 2 is 1.95 bits per heavy atom. The van der Waals surface area contributed by atoms with Gasteiger partial charge < -0.3 is 0 Å². The molecule has 112 valence electrons. The van der Waals surface area contributed by atoms with Crippen molar-refractivity contribution in [3.05, 3.63) is 52.7 Å². The highest BCUT2D eigenvalue weighted by Crippen LogP contribution is 2.38. The first-order chi connectivity index (χ1) is 10.9. The first-order valence-electron chi connectivity index (χ1n) is 7.59. The smallest absolute Gasteiger partial charge is 0.162 e. The van der Waals surface area contributed by atoms with Crippen LogP contribution in [0.15, 0.2) is 36.7 Å². The average Bonchev–Trinajstić information content (AvgIpc) is 2.95. The second-order valence-electron chi connectivity index (χ2n) is 5.49. The molecule has 0 unspecified atom stereocenters. The molecule has 2 heterocycles. The zero-order chi connectivity index (χ0) is 14.8. The molecule has 1 aromatic carbocycles. The third-order valence-corrected chi connectivity index (χ3v) is 5.20. The fourth-order valence-electron chi connectivity index (χ4n) is 2.93. The summed E-state index contributed by atoms with van der Waals surface area (Å²) in [5.74, 6) is 0.792. The lowest BCUT2D eigenvalue weighted by Crippen LogP contribution is -2.05. The van der Waals surface area contributed by atoms with Gasteiger partial charge in [-0.2, -0.15) is 0 Å². The van der Waals surface area contributed by atoms with E-state index in [-0.39, 0.29) is 0 Å². The van der Waals surface area contributed by atoms with Gasteiger partial charge in [-0.3, -0.25) is 4.84 Å². The van der Waals surface area contributed by atoms with Crippen molar-refractivity contribution >= 4 is 27.4 Å². The molecule has 0 spiro atoms. The first kappa shape index (κ1) is 13.7. The van der Waals surface area contributed by atoms with Crippen LogP contribution in [0.5, 0.6) is 0 Å². The third kappa shape index (κ3) is 2.58. The van der Waals surface area contributed by atoms with Gasteiger partial charge in [-0.05, 0) is 36.8 Å². The minimum Gasteiger partial charge on any atom is -0.270 e. The van der Waals surface area contributed by atoms with Gasteiger partial charge in [-0.1, -0.05) is 30.3 Å². The summed E-state index contributed by atoms with van der Waals surface area (Å²) in [6, 6.07) is 10.1. The van der Waals surface area contributed by atoms with E-state index in [9.17, 15) is 0 Å². The zero-order valence-electron chi connectivity index (χ0n) is 12.2. The molecule has 5 heteroatoms. The van der Waals surface area contributed by atoms with Crippen LogP contribution in [-0.2, 0) is 24.3 Å². The molecule has 0 saturated heterocycles. The number of nitrogens with zero attached hydrogens (tertiary/aromatic N) is 2. The Kier molecular flexibility index (Phi) is 3.74. The topological polar surface area (TPSA) is 47.0 Å². The summed E-state index contributed by atoms with van der Waals surface area (Å²) in [6.45, 7) is 0.513. The van der Waals surface area contributed by atoms with Gasteiger partial charge in [0.2, 0.25) is 0 Å². The van der Waals surface area contributed by atoms with Gasteiger partial charge in [0.1, 0.15) is 11.2 Å². The normalized spacial score (nSPS) is 14.0. The Bertz CT molecular complexity index is 785. The van der Waals surface area contributed by atoms with Gasteiger partial charge >= 0.3 is 0 Å². The predicted molar refractivity (Wildman–Crippen MR) is 88.9 cm³/mol. The molecule has 0 amide bonds. The minimum atomic E-state index is 0.513. The van der Waals surface area contributed by atoms with Gasteiger partial charge in [0.25, 0.3) is 0 Å². The van der Waals surface area contributed by atoms with Crippen LogP contribution in [0, 0.1) is 0 Å². The molecule has 0 fully saturated rings. The maximum absolute atomic E-state index is 5.64. The van der Waals surface area contributed by atoms with Crippen molar-refractivity contribution in [2.24, 2.45) is 0 Å². The number of anilines is 1. The van der Waals surface area contributed by atoms with E-state index in [1.807, 2.05) is 30.3 Å². The average molecular weight is 311 g/mol. The Labute approximate surface area is 133 Å². The van der Waals surface area contributed by atoms with Gasteiger partial charge in [-0.25, -0.2) is 15.4 Å². The third-order valence-electron chi connectivity index (χ3n) is 4.00. The molecule has 0 radical (unpaired) electrons. The van der Waals surface area contributed by atoms with Gasteiger partial charge in [0.05, 0.1) is 12.0 Å². The Morgan fingerprint density at radius 3 is 2.86 bits per heavy atom. The number of rotatable bonds is 4. The number of aryl methyl sites for hydroxylation is 2. The van der Waals surface area contributed by atoms with Crippen molar-refractivity contribution in [2.75, 3.05) is 5.48 Å². The lowest BCUT2D eigenvalue weighted by Gasteiger charge is -2.12. The van der Waals surface area contributed by atoms with Gasteiger partial charge in [0.15, 0.2) is 5.82 Å². The van der Waals surface area contributed by atoms with Crippen LogP contribution in [0.25, 0.3) is 10.2 Å².